The molecule has 0 rings (SSSR count). The van der Waals surface area contributed by atoms with Crippen LogP contribution in [0.3, 0.4) is 0 Å². The van der Waals surface area contributed by atoms with Crippen LogP contribution < -0.4 is 0 Å². The van der Waals surface area contributed by atoms with Gasteiger partial charge in [-0.15, -0.1) is 4.52 Å². The van der Waals surface area contributed by atoms with E-state index < -0.39 is 8.25 Å². The van der Waals surface area contributed by atoms with Gasteiger partial charge in [0.05, 0.1) is 7.11 Å². The van der Waals surface area contributed by atoms with Gasteiger partial charge >= 0.3 is 8.25 Å². The van der Waals surface area contributed by atoms with E-state index in [1.165, 1.54) is 7.11 Å². The Morgan fingerprint density at radius 1 is 1.83 bits per heavy atom. The van der Waals surface area contributed by atoms with E-state index in [0.717, 1.165) is 0 Å². The summed E-state index contributed by atoms with van der Waals surface area (Å²) >= 11 is 3.19. The molecule has 0 saturated carbocycles. The molecule has 0 radical (unpaired) electrons. The van der Waals surface area contributed by atoms with Crippen molar-refractivity contribution in [3.8, 4) is 0 Å². The van der Waals surface area contributed by atoms with Gasteiger partial charge in [-0.1, -0.05) is 0 Å². The number of rotatable bonds is 2. The maximum atomic E-state index is 9.81. The lowest BCUT2D eigenvalue weighted by Gasteiger charge is -1.64. The van der Waals surface area contributed by atoms with Gasteiger partial charge in [-0.3, -0.25) is 0 Å². The molecule has 0 saturated heterocycles. The van der Waals surface area contributed by atoms with Crippen molar-refractivity contribution in [3.63, 3.8) is 0 Å². The minimum absolute atomic E-state index is 1.27. The van der Waals surface area contributed by atoms with Crippen molar-refractivity contribution in [3.05, 3.63) is 0 Å². The van der Waals surface area contributed by atoms with Gasteiger partial charge in [-0.05, 0) is 3.97 Å². The molecule has 0 aromatic rings. The molecule has 0 fully saturated rings. The van der Waals surface area contributed by atoms with Crippen LogP contribution in [0.25, 0.3) is 0 Å². The minimum Gasteiger partial charge on any atom is -0.122 e. The van der Waals surface area contributed by atoms with Crippen LogP contribution in [0.5, 0.6) is 0 Å². The fourth-order valence-electron chi connectivity index (χ4n) is 0.0333. The number of thiol groups is 1. The van der Waals surface area contributed by atoms with Crippen LogP contribution >= 0.6 is 21.2 Å². The van der Waals surface area contributed by atoms with E-state index in [0.29, 0.717) is 0 Å². The van der Waals surface area contributed by atoms with E-state index in [1.807, 2.05) is 0 Å². The van der Waals surface area contributed by atoms with Crippen molar-refractivity contribution < 1.29 is 13.1 Å². The Hall–Kier alpha value is 0.370. The van der Waals surface area contributed by atoms with Crippen molar-refractivity contribution >= 4 is 21.2 Å². The third kappa shape index (κ3) is 2.60. The molecule has 1 unspecified atom stereocenters. The van der Waals surface area contributed by atoms with Crippen molar-refractivity contribution in [2.24, 2.45) is 0 Å². The highest BCUT2D eigenvalue weighted by molar-refractivity contribution is 7.79. The summed E-state index contributed by atoms with van der Waals surface area (Å²) in [6.07, 6.45) is 0. The van der Waals surface area contributed by atoms with E-state index in [-0.39, 0.29) is 0 Å². The highest BCUT2D eigenvalue weighted by Crippen LogP contribution is 2.22. The van der Waals surface area contributed by atoms with Crippen LogP contribution in [0.4, 0.5) is 0 Å². The largest absolute Gasteiger partial charge is 0.709 e. The van der Waals surface area contributed by atoms with Gasteiger partial charge in [0.25, 0.3) is 0 Å². The predicted molar refractivity (Wildman–Crippen MR) is 24.7 cm³/mol. The maximum Gasteiger partial charge on any atom is 0.709 e. The molecule has 36 valence electrons. The molecular formula is CH4O3PS+. The zero-order valence-electron chi connectivity index (χ0n) is 3.12. The second-order valence-electron chi connectivity index (χ2n) is 0.488. The predicted octanol–water partition coefficient (Wildman–Crippen LogP) is 1.15. The Morgan fingerprint density at radius 2 is 2.33 bits per heavy atom. The van der Waals surface area contributed by atoms with E-state index >= 15 is 0 Å². The molecule has 0 bridgehead atoms. The Morgan fingerprint density at radius 3 is 2.33 bits per heavy atom. The normalized spacial score (nSPS) is 11.3. The van der Waals surface area contributed by atoms with Crippen molar-refractivity contribution in [1.29, 1.82) is 0 Å². The maximum absolute atomic E-state index is 9.81. The quantitative estimate of drug-likeness (QED) is 0.343. The Balaban J connectivity index is 2.99. The fraction of sp³-hybridized carbons (Fsp3) is 1.00. The van der Waals surface area contributed by atoms with E-state index in [2.05, 4.69) is 21.4 Å². The van der Waals surface area contributed by atoms with Crippen molar-refractivity contribution in [1.82, 2.24) is 0 Å². The van der Waals surface area contributed by atoms with Crippen molar-refractivity contribution in [2.75, 3.05) is 7.11 Å². The first kappa shape index (κ1) is 6.37. The molecule has 5 heteroatoms. The SMILES string of the molecule is CO[P+](=O)OS. The summed E-state index contributed by atoms with van der Waals surface area (Å²) in [6.45, 7) is 0. The number of hydrogen-bond acceptors (Lipinski definition) is 4. The van der Waals surface area contributed by atoms with Gasteiger partial charge in [-0.2, -0.15) is 0 Å². The molecular weight excluding hydrogens is 123 g/mol. The third-order valence-corrected chi connectivity index (χ3v) is 1.05. The average Bonchev–Trinajstić information content (AvgIpc) is 1.65. The molecule has 0 heterocycles. The molecule has 0 amide bonds. The molecule has 6 heavy (non-hydrogen) atoms. The van der Waals surface area contributed by atoms with Gasteiger partial charge in [0.1, 0.15) is 0 Å². The second kappa shape index (κ2) is 3.56. The van der Waals surface area contributed by atoms with Crippen molar-refractivity contribution in [2.45, 2.75) is 0 Å². The van der Waals surface area contributed by atoms with Gasteiger partial charge in [0, 0.05) is 17.5 Å². The molecule has 0 aliphatic heterocycles. The molecule has 0 aromatic heterocycles. The first-order valence-corrected chi connectivity index (χ1v) is 2.60. The van der Waals surface area contributed by atoms with Crippen LogP contribution in [0.15, 0.2) is 0 Å². The fourth-order valence-corrected chi connectivity index (χ4v) is 0.300. The van der Waals surface area contributed by atoms with E-state index in [4.69, 9.17) is 0 Å². The molecule has 0 aromatic carbocycles. The zero-order valence-corrected chi connectivity index (χ0v) is 4.91. The van der Waals surface area contributed by atoms with Crippen LogP contribution in [-0.4, -0.2) is 7.11 Å². The standard InChI is InChI=1S/CH3O3PS/c1-3-5(2)4-6/h1H3/p+1. The smallest absolute Gasteiger partial charge is 0.122 e. The lowest BCUT2D eigenvalue weighted by atomic mass is 11.8. The summed E-state index contributed by atoms with van der Waals surface area (Å²) in [5, 5.41) is 0. The summed E-state index contributed by atoms with van der Waals surface area (Å²) in [7, 11) is -0.689. The van der Waals surface area contributed by atoms with Crippen LogP contribution in [0, 0.1) is 0 Å². The van der Waals surface area contributed by atoms with Gasteiger partial charge in [-0.25, -0.2) is 0 Å². The lowest BCUT2D eigenvalue weighted by Crippen LogP contribution is -1.60. The van der Waals surface area contributed by atoms with Crippen LogP contribution in [-0.2, 0) is 13.1 Å². The first-order valence-electron chi connectivity index (χ1n) is 1.14. The monoisotopic (exact) mass is 127 g/mol. The molecule has 0 N–H and O–H groups in total. The summed E-state index contributed by atoms with van der Waals surface area (Å²) in [6, 6.07) is 0. The summed E-state index contributed by atoms with van der Waals surface area (Å²) in [5.41, 5.74) is 0. The van der Waals surface area contributed by atoms with Crippen LogP contribution in [0.1, 0.15) is 0 Å². The highest BCUT2D eigenvalue weighted by atomic mass is 32.1. The molecule has 0 aliphatic carbocycles. The van der Waals surface area contributed by atoms with Crippen LogP contribution in [0.2, 0.25) is 0 Å². The van der Waals surface area contributed by atoms with Gasteiger partial charge in [0.15, 0.2) is 0 Å². The third-order valence-electron chi connectivity index (χ3n) is 0.216. The van der Waals surface area contributed by atoms with E-state index in [1.54, 1.807) is 0 Å². The minimum atomic E-state index is -1.96. The Bertz CT molecular complexity index is 48.8. The summed E-state index contributed by atoms with van der Waals surface area (Å²) < 4.78 is 17.8. The first-order chi connectivity index (χ1) is 2.81. The number of hydrogen-bond donors (Lipinski definition) is 1. The van der Waals surface area contributed by atoms with Gasteiger partial charge < -0.3 is 0 Å². The van der Waals surface area contributed by atoms with Gasteiger partial charge in [0.2, 0.25) is 0 Å². The highest BCUT2D eigenvalue weighted by Gasteiger charge is 2.12. The second-order valence-corrected chi connectivity index (χ2v) is 1.95. The summed E-state index contributed by atoms with van der Waals surface area (Å²) in [4.78, 5) is 0. The Kier molecular flexibility index (Phi) is 3.78. The summed E-state index contributed by atoms with van der Waals surface area (Å²) in [5.74, 6) is 0. The average molecular weight is 127 g/mol. The van der Waals surface area contributed by atoms with E-state index in [9.17, 15) is 4.57 Å². The zero-order chi connectivity index (χ0) is 4.99. The molecule has 0 aliphatic rings. The molecule has 3 nitrogen and oxygen atoms in total. The topological polar surface area (TPSA) is 35.5 Å². The molecule has 0 spiro atoms. The Labute approximate surface area is 42.2 Å². The lowest BCUT2D eigenvalue weighted by molar-refractivity contribution is 0.364. The molecule has 1 atom stereocenters.